The predicted molar refractivity (Wildman–Crippen MR) is 89.0 cm³/mol. The molecule has 0 aliphatic rings. The number of hydrogen-bond donors (Lipinski definition) is 3. The normalized spacial score (nSPS) is 11.5. The fourth-order valence-corrected chi connectivity index (χ4v) is 2.15. The minimum Gasteiger partial charge on any atom is -0.497 e. The Kier molecular flexibility index (Phi) is 6.39. The molecule has 0 saturated carbocycles. The van der Waals surface area contributed by atoms with E-state index in [0.717, 1.165) is 5.56 Å². The number of aliphatic hydroxyl groups excluding tert-OH is 1. The van der Waals surface area contributed by atoms with Crippen LogP contribution in [0.4, 0.5) is 4.79 Å². The lowest BCUT2D eigenvalue weighted by atomic mass is 10.1. The number of aromatic nitrogens is 1. The highest BCUT2D eigenvalue weighted by molar-refractivity contribution is 5.73. The molecule has 0 fully saturated rings. The van der Waals surface area contributed by atoms with Crippen LogP contribution in [-0.2, 0) is 6.54 Å². The molecule has 0 spiro atoms. The lowest BCUT2D eigenvalue weighted by Gasteiger charge is -2.16. The zero-order chi connectivity index (χ0) is 17.4. The van der Waals surface area contributed by atoms with Crippen molar-refractivity contribution >= 4 is 6.03 Å². The number of aliphatic hydroxyl groups is 1. The molecule has 0 aliphatic carbocycles. The van der Waals surface area contributed by atoms with E-state index in [1.165, 1.54) is 7.11 Å². The molecule has 2 amide bonds. The second-order valence-electron chi connectivity index (χ2n) is 5.05. The molecule has 1 heterocycles. The molecule has 3 N–H and O–H groups in total. The maximum Gasteiger partial charge on any atom is 0.315 e. The van der Waals surface area contributed by atoms with Crippen molar-refractivity contribution in [3.63, 3.8) is 0 Å². The molecule has 7 heteroatoms. The third-order valence-corrected chi connectivity index (χ3v) is 3.43. The van der Waals surface area contributed by atoms with Crippen LogP contribution in [-0.4, -0.2) is 36.9 Å². The smallest absolute Gasteiger partial charge is 0.315 e. The Morgan fingerprint density at radius 1 is 1.25 bits per heavy atom. The van der Waals surface area contributed by atoms with Crippen LogP contribution in [0.2, 0.25) is 0 Å². The first kappa shape index (κ1) is 17.6. The molecule has 7 nitrogen and oxygen atoms in total. The van der Waals surface area contributed by atoms with E-state index >= 15 is 0 Å². The van der Waals surface area contributed by atoms with Crippen molar-refractivity contribution < 1.29 is 19.4 Å². The van der Waals surface area contributed by atoms with Gasteiger partial charge in [0.2, 0.25) is 0 Å². The highest BCUT2D eigenvalue weighted by Crippen LogP contribution is 2.28. The minimum absolute atomic E-state index is 0.0440. The van der Waals surface area contributed by atoms with Gasteiger partial charge in [0.1, 0.15) is 17.6 Å². The molecule has 1 aromatic carbocycles. The van der Waals surface area contributed by atoms with Gasteiger partial charge in [0.15, 0.2) is 0 Å². The van der Waals surface area contributed by atoms with Crippen LogP contribution >= 0.6 is 0 Å². The van der Waals surface area contributed by atoms with Gasteiger partial charge in [0.05, 0.1) is 14.2 Å². The van der Waals surface area contributed by atoms with Crippen LogP contribution in [0, 0.1) is 0 Å². The third-order valence-electron chi connectivity index (χ3n) is 3.43. The average Bonchev–Trinajstić information content (AvgIpc) is 2.64. The molecule has 0 bridgehead atoms. The first-order valence-electron chi connectivity index (χ1n) is 7.44. The summed E-state index contributed by atoms with van der Waals surface area (Å²) >= 11 is 0. The standard InChI is InChI=1S/C17H21N3O4/c1-23-13-5-6-16(24-2)14(8-13)15(21)11-20-17(22)19-10-12-4-3-7-18-9-12/h3-9,15,21H,10-11H2,1-2H3,(H2,19,20,22)/t15-/m0/s1. The molecule has 2 aromatic rings. The van der Waals surface area contributed by atoms with Gasteiger partial charge in [-0.25, -0.2) is 4.79 Å². The van der Waals surface area contributed by atoms with E-state index in [-0.39, 0.29) is 12.6 Å². The number of nitrogens with zero attached hydrogens (tertiary/aromatic N) is 1. The number of ether oxygens (including phenoxy) is 2. The van der Waals surface area contributed by atoms with E-state index in [1.807, 2.05) is 6.07 Å². The molecule has 0 unspecified atom stereocenters. The van der Waals surface area contributed by atoms with Gasteiger partial charge in [0.25, 0.3) is 0 Å². The number of methoxy groups -OCH3 is 2. The Labute approximate surface area is 140 Å². The van der Waals surface area contributed by atoms with Crippen molar-refractivity contribution in [2.75, 3.05) is 20.8 Å². The SMILES string of the molecule is COc1ccc(OC)c([C@@H](O)CNC(=O)NCc2cccnc2)c1. The van der Waals surface area contributed by atoms with Crippen molar-refractivity contribution in [1.82, 2.24) is 15.6 Å². The highest BCUT2D eigenvalue weighted by atomic mass is 16.5. The third kappa shape index (κ3) is 4.85. The van der Waals surface area contributed by atoms with Gasteiger partial charge in [-0.05, 0) is 29.8 Å². The van der Waals surface area contributed by atoms with Crippen LogP contribution in [0.15, 0.2) is 42.7 Å². The van der Waals surface area contributed by atoms with E-state index in [1.54, 1.807) is 43.8 Å². The highest BCUT2D eigenvalue weighted by Gasteiger charge is 2.15. The second-order valence-corrected chi connectivity index (χ2v) is 5.05. The molecule has 1 atom stereocenters. The molecular weight excluding hydrogens is 310 g/mol. The Balaban J connectivity index is 1.88. The number of amides is 2. The number of rotatable bonds is 7. The molecule has 24 heavy (non-hydrogen) atoms. The summed E-state index contributed by atoms with van der Waals surface area (Å²) in [5, 5.41) is 15.6. The Morgan fingerprint density at radius 3 is 2.75 bits per heavy atom. The number of carbonyl (C=O) groups excluding carboxylic acids is 1. The molecule has 0 aliphatic heterocycles. The average molecular weight is 331 g/mol. The lowest BCUT2D eigenvalue weighted by Crippen LogP contribution is -2.37. The first-order valence-corrected chi connectivity index (χ1v) is 7.44. The van der Waals surface area contributed by atoms with Gasteiger partial charge < -0.3 is 25.2 Å². The fraction of sp³-hybridized carbons (Fsp3) is 0.294. The van der Waals surface area contributed by atoms with Gasteiger partial charge >= 0.3 is 6.03 Å². The van der Waals surface area contributed by atoms with E-state index in [9.17, 15) is 9.90 Å². The van der Waals surface area contributed by atoms with Gasteiger partial charge in [-0.15, -0.1) is 0 Å². The van der Waals surface area contributed by atoms with Crippen molar-refractivity contribution in [3.8, 4) is 11.5 Å². The van der Waals surface area contributed by atoms with Crippen LogP contribution in [0.3, 0.4) is 0 Å². The molecule has 0 radical (unpaired) electrons. The van der Waals surface area contributed by atoms with E-state index in [0.29, 0.717) is 23.6 Å². The van der Waals surface area contributed by atoms with Gasteiger partial charge in [-0.3, -0.25) is 4.98 Å². The van der Waals surface area contributed by atoms with Crippen molar-refractivity contribution in [1.29, 1.82) is 0 Å². The molecule has 2 rings (SSSR count). The van der Waals surface area contributed by atoms with Crippen molar-refractivity contribution in [2.24, 2.45) is 0 Å². The van der Waals surface area contributed by atoms with E-state index in [2.05, 4.69) is 15.6 Å². The Morgan fingerprint density at radius 2 is 2.08 bits per heavy atom. The van der Waals surface area contributed by atoms with Crippen LogP contribution < -0.4 is 20.1 Å². The quantitative estimate of drug-likeness (QED) is 0.717. The number of nitrogens with one attached hydrogen (secondary N) is 2. The number of urea groups is 1. The number of carbonyl (C=O) groups is 1. The van der Waals surface area contributed by atoms with Gasteiger partial charge in [-0.1, -0.05) is 6.07 Å². The number of benzene rings is 1. The molecule has 128 valence electrons. The Bertz CT molecular complexity index is 664. The predicted octanol–water partition coefficient (Wildman–Crippen LogP) is 1.63. The summed E-state index contributed by atoms with van der Waals surface area (Å²) in [4.78, 5) is 15.8. The van der Waals surface area contributed by atoms with E-state index < -0.39 is 6.10 Å². The first-order chi connectivity index (χ1) is 11.6. The molecular formula is C17H21N3O4. The lowest BCUT2D eigenvalue weighted by molar-refractivity contribution is 0.169. The van der Waals surface area contributed by atoms with Crippen LogP contribution in [0.25, 0.3) is 0 Å². The Hall–Kier alpha value is -2.80. The summed E-state index contributed by atoms with van der Waals surface area (Å²) in [5.74, 6) is 1.13. The van der Waals surface area contributed by atoms with Gasteiger partial charge in [-0.2, -0.15) is 0 Å². The second kappa shape index (κ2) is 8.73. The summed E-state index contributed by atoms with van der Waals surface area (Å²) < 4.78 is 10.4. The van der Waals surface area contributed by atoms with E-state index in [4.69, 9.17) is 9.47 Å². The number of hydrogen-bond acceptors (Lipinski definition) is 5. The molecule has 1 aromatic heterocycles. The topological polar surface area (TPSA) is 92.7 Å². The van der Waals surface area contributed by atoms with Gasteiger partial charge in [0, 0.05) is 31.0 Å². The summed E-state index contributed by atoms with van der Waals surface area (Å²) in [5.41, 5.74) is 1.44. The number of pyridine rings is 1. The van der Waals surface area contributed by atoms with Crippen LogP contribution in [0.5, 0.6) is 11.5 Å². The zero-order valence-electron chi connectivity index (χ0n) is 13.7. The summed E-state index contributed by atoms with van der Waals surface area (Å²) in [6.07, 6.45) is 2.43. The minimum atomic E-state index is -0.917. The molecule has 0 saturated heterocycles. The summed E-state index contributed by atoms with van der Waals surface area (Å²) in [6.45, 7) is 0.403. The fourth-order valence-electron chi connectivity index (χ4n) is 2.15. The van der Waals surface area contributed by atoms with Crippen LogP contribution in [0.1, 0.15) is 17.2 Å². The summed E-state index contributed by atoms with van der Waals surface area (Å²) in [7, 11) is 3.06. The van der Waals surface area contributed by atoms with Crippen molar-refractivity contribution in [2.45, 2.75) is 12.6 Å². The van der Waals surface area contributed by atoms with Crippen molar-refractivity contribution in [3.05, 3.63) is 53.9 Å². The maximum atomic E-state index is 11.8. The monoisotopic (exact) mass is 331 g/mol. The maximum absolute atomic E-state index is 11.8. The summed E-state index contributed by atoms with van der Waals surface area (Å²) in [6, 6.07) is 8.42. The largest absolute Gasteiger partial charge is 0.497 e. The zero-order valence-corrected chi connectivity index (χ0v) is 13.7.